The second kappa shape index (κ2) is 6.35. The number of ether oxygens (including phenoxy) is 1. The van der Waals surface area contributed by atoms with Gasteiger partial charge in [0.2, 0.25) is 0 Å². The molecule has 1 rings (SSSR count). The highest BCUT2D eigenvalue weighted by atomic mass is 35.5. The van der Waals surface area contributed by atoms with E-state index >= 15 is 0 Å². The van der Waals surface area contributed by atoms with Crippen LogP contribution in [0.1, 0.15) is 19.8 Å². The number of carbonyl (C=O) groups excluding carboxylic acids is 1. The Morgan fingerprint density at radius 2 is 2.25 bits per heavy atom. The number of halogens is 3. The minimum absolute atomic E-state index is 0.0263. The minimum Gasteiger partial charge on any atom is -0.365 e. The first-order valence-corrected chi connectivity index (χ1v) is 5.86. The van der Waals surface area contributed by atoms with Gasteiger partial charge in [0.25, 0.3) is 12.3 Å². The monoisotopic (exact) mass is 255 g/mol. The lowest BCUT2D eigenvalue weighted by molar-refractivity contribution is -0.144. The van der Waals surface area contributed by atoms with Crippen LogP contribution in [0.5, 0.6) is 0 Å². The summed E-state index contributed by atoms with van der Waals surface area (Å²) in [7, 11) is 0. The molecule has 0 saturated carbocycles. The molecule has 1 fully saturated rings. The van der Waals surface area contributed by atoms with Gasteiger partial charge in [-0.2, -0.15) is 0 Å². The lowest BCUT2D eigenvalue weighted by atomic mass is 10.2. The van der Waals surface area contributed by atoms with E-state index in [1.165, 1.54) is 0 Å². The summed E-state index contributed by atoms with van der Waals surface area (Å²) >= 11 is 5.48. The molecular formula is C10H16ClF2NO2. The number of alkyl halides is 3. The fraction of sp³-hybridized carbons (Fsp3) is 0.900. The predicted molar refractivity (Wildman–Crippen MR) is 56.9 cm³/mol. The van der Waals surface area contributed by atoms with Crippen molar-refractivity contribution in [3.8, 4) is 0 Å². The molecule has 3 nitrogen and oxygen atoms in total. The van der Waals surface area contributed by atoms with Crippen LogP contribution < -0.4 is 0 Å². The van der Waals surface area contributed by atoms with E-state index in [1.54, 1.807) is 0 Å². The summed E-state index contributed by atoms with van der Waals surface area (Å²) in [6.45, 7) is 1.44. The van der Waals surface area contributed by atoms with Gasteiger partial charge in [-0.15, -0.1) is 11.6 Å². The van der Waals surface area contributed by atoms with Gasteiger partial charge in [-0.25, -0.2) is 8.78 Å². The van der Waals surface area contributed by atoms with Crippen molar-refractivity contribution in [3.05, 3.63) is 0 Å². The third kappa shape index (κ3) is 3.87. The van der Waals surface area contributed by atoms with Crippen molar-refractivity contribution in [3.63, 3.8) is 0 Å². The van der Waals surface area contributed by atoms with E-state index in [0.29, 0.717) is 6.42 Å². The molecule has 6 heteroatoms. The number of rotatable bonds is 5. The third-order valence-electron chi connectivity index (χ3n) is 2.53. The Kier molecular flexibility index (Phi) is 5.41. The Hall–Kier alpha value is -0.420. The Balaban J connectivity index is 2.52. The van der Waals surface area contributed by atoms with Gasteiger partial charge in [0.1, 0.15) is 6.10 Å². The lowest BCUT2D eigenvalue weighted by Crippen LogP contribution is -2.42. The molecule has 94 valence electrons. The van der Waals surface area contributed by atoms with E-state index in [0.717, 1.165) is 11.3 Å². The Morgan fingerprint density at radius 3 is 2.69 bits per heavy atom. The van der Waals surface area contributed by atoms with Gasteiger partial charge in [0.05, 0.1) is 12.6 Å². The Bertz CT molecular complexity index is 241. The van der Waals surface area contributed by atoms with Crippen molar-refractivity contribution >= 4 is 17.5 Å². The zero-order valence-corrected chi connectivity index (χ0v) is 9.92. The second-order valence-electron chi connectivity index (χ2n) is 3.88. The molecule has 1 saturated heterocycles. The summed E-state index contributed by atoms with van der Waals surface area (Å²) in [6, 6.07) is 0. The van der Waals surface area contributed by atoms with Crippen LogP contribution in [0.25, 0.3) is 0 Å². The first-order valence-electron chi connectivity index (χ1n) is 5.33. The molecule has 0 N–H and O–H groups in total. The molecule has 16 heavy (non-hydrogen) atoms. The van der Waals surface area contributed by atoms with Crippen molar-refractivity contribution in [2.75, 3.05) is 19.0 Å². The smallest absolute Gasteiger partial charge is 0.255 e. The largest absolute Gasteiger partial charge is 0.365 e. The van der Waals surface area contributed by atoms with Gasteiger partial charge in [0.15, 0.2) is 0 Å². The Labute approximate surface area is 98.7 Å². The quantitative estimate of drug-likeness (QED) is 0.702. The van der Waals surface area contributed by atoms with Crippen molar-refractivity contribution in [2.45, 2.75) is 38.4 Å². The molecule has 0 aromatic carbocycles. The number of carbonyl (C=O) groups is 1. The summed E-state index contributed by atoms with van der Waals surface area (Å²) in [6.07, 6.45) is -1.69. The summed E-state index contributed by atoms with van der Waals surface area (Å²) in [5, 5.41) is 0. The maximum atomic E-state index is 12.3. The van der Waals surface area contributed by atoms with Crippen LogP contribution >= 0.6 is 11.6 Å². The van der Waals surface area contributed by atoms with E-state index in [4.69, 9.17) is 16.3 Å². The summed E-state index contributed by atoms with van der Waals surface area (Å²) in [5.74, 6) is -0.217. The van der Waals surface area contributed by atoms with Crippen LogP contribution in [0.15, 0.2) is 0 Å². The standard InChI is InChI=1S/C10H16ClF2NO2/c1-7-2-3-8(16-7)10(15)14(5-4-11)6-9(12)13/h7-9H,2-6H2,1H3. The molecule has 0 aliphatic carbocycles. The SMILES string of the molecule is CC1CCC(C(=O)N(CCCl)CC(F)F)O1. The van der Waals surface area contributed by atoms with Crippen molar-refractivity contribution < 1.29 is 18.3 Å². The molecule has 0 bridgehead atoms. The van der Waals surface area contributed by atoms with Crippen LogP contribution in [-0.2, 0) is 9.53 Å². The zero-order chi connectivity index (χ0) is 12.1. The van der Waals surface area contributed by atoms with Crippen LogP contribution in [0.3, 0.4) is 0 Å². The first kappa shape index (κ1) is 13.6. The molecule has 0 radical (unpaired) electrons. The number of hydrogen-bond donors (Lipinski definition) is 0. The highest BCUT2D eigenvalue weighted by Crippen LogP contribution is 2.21. The molecule has 1 aliphatic rings. The average Bonchev–Trinajstić information content (AvgIpc) is 2.62. The van der Waals surface area contributed by atoms with Crippen molar-refractivity contribution in [2.24, 2.45) is 0 Å². The summed E-state index contributed by atoms with van der Waals surface area (Å²) < 4.78 is 29.9. The zero-order valence-electron chi connectivity index (χ0n) is 9.17. The topological polar surface area (TPSA) is 29.5 Å². The molecule has 1 amide bonds. The highest BCUT2D eigenvalue weighted by Gasteiger charge is 2.32. The van der Waals surface area contributed by atoms with E-state index in [9.17, 15) is 13.6 Å². The van der Waals surface area contributed by atoms with Crippen LogP contribution in [0.4, 0.5) is 8.78 Å². The minimum atomic E-state index is -2.54. The van der Waals surface area contributed by atoms with E-state index < -0.39 is 19.1 Å². The van der Waals surface area contributed by atoms with Crippen LogP contribution in [0, 0.1) is 0 Å². The molecular weight excluding hydrogens is 240 g/mol. The van der Waals surface area contributed by atoms with Gasteiger partial charge in [-0.1, -0.05) is 0 Å². The fourth-order valence-electron chi connectivity index (χ4n) is 1.75. The Morgan fingerprint density at radius 1 is 1.56 bits per heavy atom. The van der Waals surface area contributed by atoms with E-state index in [-0.39, 0.29) is 24.4 Å². The maximum absolute atomic E-state index is 12.3. The second-order valence-corrected chi connectivity index (χ2v) is 4.25. The molecule has 2 atom stereocenters. The predicted octanol–water partition coefficient (Wildman–Crippen LogP) is 1.89. The van der Waals surface area contributed by atoms with E-state index in [1.807, 2.05) is 6.92 Å². The molecule has 0 spiro atoms. The first-order chi connectivity index (χ1) is 7.54. The molecule has 0 aromatic rings. The van der Waals surface area contributed by atoms with Crippen LogP contribution in [-0.4, -0.2) is 48.4 Å². The third-order valence-corrected chi connectivity index (χ3v) is 2.70. The van der Waals surface area contributed by atoms with Crippen molar-refractivity contribution in [1.82, 2.24) is 4.90 Å². The van der Waals surface area contributed by atoms with E-state index in [2.05, 4.69) is 0 Å². The highest BCUT2D eigenvalue weighted by molar-refractivity contribution is 6.18. The molecule has 1 aliphatic heterocycles. The van der Waals surface area contributed by atoms with Gasteiger partial charge in [-0.3, -0.25) is 4.79 Å². The average molecular weight is 256 g/mol. The lowest BCUT2D eigenvalue weighted by Gasteiger charge is -2.24. The maximum Gasteiger partial charge on any atom is 0.255 e. The molecule has 1 heterocycles. The number of amides is 1. The molecule has 0 aromatic heterocycles. The number of hydrogen-bond acceptors (Lipinski definition) is 2. The normalized spacial score (nSPS) is 25.1. The van der Waals surface area contributed by atoms with Gasteiger partial charge in [0, 0.05) is 12.4 Å². The van der Waals surface area contributed by atoms with Crippen LogP contribution in [0.2, 0.25) is 0 Å². The molecule has 2 unspecified atom stereocenters. The number of nitrogens with zero attached hydrogens (tertiary/aromatic N) is 1. The summed E-state index contributed by atoms with van der Waals surface area (Å²) in [4.78, 5) is 12.9. The van der Waals surface area contributed by atoms with Gasteiger partial charge < -0.3 is 9.64 Å². The fourth-order valence-corrected chi connectivity index (χ4v) is 1.95. The van der Waals surface area contributed by atoms with Crippen molar-refractivity contribution in [1.29, 1.82) is 0 Å². The van der Waals surface area contributed by atoms with Gasteiger partial charge in [-0.05, 0) is 19.8 Å². The summed E-state index contributed by atoms with van der Waals surface area (Å²) in [5.41, 5.74) is 0. The van der Waals surface area contributed by atoms with Gasteiger partial charge >= 0.3 is 0 Å².